The summed E-state index contributed by atoms with van der Waals surface area (Å²) in [6.45, 7) is 0. The molecule has 0 bridgehead atoms. The lowest BCUT2D eigenvalue weighted by atomic mass is 9.90. The number of amides is 1. The van der Waals surface area contributed by atoms with Crippen LogP contribution in [-0.2, 0) is 13.2 Å². The summed E-state index contributed by atoms with van der Waals surface area (Å²) in [5, 5.41) is 7.07. The minimum atomic E-state index is -4.40. The molecular weight excluding hydrogens is 419 g/mol. The van der Waals surface area contributed by atoms with E-state index in [1.165, 1.54) is 17.7 Å². The number of methoxy groups -OCH3 is 1. The lowest BCUT2D eigenvalue weighted by molar-refractivity contribution is -0.142. The van der Waals surface area contributed by atoms with Crippen LogP contribution in [0, 0.1) is 0 Å². The van der Waals surface area contributed by atoms with Crippen LogP contribution < -0.4 is 15.4 Å². The van der Waals surface area contributed by atoms with E-state index in [9.17, 15) is 18.0 Å². The Morgan fingerprint density at radius 1 is 1.03 bits per heavy atom. The van der Waals surface area contributed by atoms with E-state index in [1.807, 2.05) is 6.07 Å². The highest BCUT2D eigenvalue weighted by Gasteiger charge is 2.35. The first-order valence-electron chi connectivity index (χ1n) is 10.6. The molecule has 4 rings (SSSR count). The third kappa shape index (κ3) is 4.54. The number of anilines is 1. The van der Waals surface area contributed by atoms with Crippen molar-refractivity contribution in [3.8, 4) is 5.75 Å². The van der Waals surface area contributed by atoms with E-state index in [4.69, 9.17) is 4.74 Å². The lowest BCUT2D eigenvalue weighted by Crippen LogP contribution is -2.40. The Balaban J connectivity index is 1.38. The van der Waals surface area contributed by atoms with Crippen LogP contribution in [0.2, 0.25) is 0 Å². The van der Waals surface area contributed by atoms with E-state index < -0.39 is 11.9 Å². The molecule has 0 radical (unpaired) electrons. The second-order valence-electron chi connectivity index (χ2n) is 8.22. The lowest BCUT2D eigenvalue weighted by Gasteiger charge is -2.30. The number of nitrogens with one attached hydrogen (secondary N) is 2. The fourth-order valence-electron chi connectivity index (χ4n) is 4.37. The summed E-state index contributed by atoms with van der Waals surface area (Å²) >= 11 is 0. The van der Waals surface area contributed by atoms with Gasteiger partial charge < -0.3 is 19.9 Å². The number of fused-ring (bicyclic) bond motifs is 1. The molecule has 32 heavy (non-hydrogen) atoms. The van der Waals surface area contributed by atoms with Crippen molar-refractivity contribution in [3.63, 3.8) is 0 Å². The number of aryl methyl sites for hydroxylation is 1. The molecule has 1 aromatic heterocycles. The van der Waals surface area contributed by atoms with Crippen LogP contribution in [0.15, 0.2) is 48.5 Å². The summed E-state index contributed by atoms with van der Waals surface area (Å²) in [5.41, 5.74) is 1.18. The fraction of sp³-hybridized carbons (Fsp3) is 0.375. The smallest absolute Gasteiger partial charge is 0.431 e. The molecule has 1 aliphatic rings. The van der Waals surface area contributed by atoms with Gasteiger partial charge in [0.05, 0.1) is 12.6 Å². The minimum Gasteiger partial charge on any atom is -0.497 e. The van der Waals surface area contributed by atoms with Gasteiger partial charge in [-0.05, 0) is 68.1 Å². The van der Waals surface area contributed by atoms with Gasteiger partial charge in [0.15, 0.2) is 0 Å². The SMILES string of the molecule is COc1ccc(C(=O)N[C@H]2CC[C@@H](Nc3cccc4c3cc(C(F)(F)F)n4C)CC2)cc1. The number of nitrogens with zero attached hydrogens (tertiary/aromatic N) is 1. The van der Waals surface area contributed by atoms with Gasteiger partial charge in [-0.3, -0.25) is 4.79 Å². The van der Waals surface area contributed by atoms with Crippen LogP contribution in [0.4, 0.5) is 18.9 Å². The molecule has 170 valence electrons. The molecule has 1 heterocycles. The predicted molar refractivity (Wildman–Crippen MR) is 118 cm³/mol. The number of carbonyl (C=O) groups excluding carboxylic acids is 1. The highest BCUT2D eigenvalue weighted by molar-refractivity contribution is 5.94. The van der Waals surface area contributed by atoms with Crippen molar-refractivity contribution in [1.29, 1.82) is 0 Å². The van der Waals surface area contributed by atoms with Crippen molar-refractivity contribution in [1.82, 2.24) is 9.88 Å². The number of halogens is 3. The van der Waals surface area contributed by atoms with E-state index in [0.29, 0.717) is 27.9 Å². The average molecular weight is 445 g/mol. The van der Waals surface area contributed by atoms with Crippen molar-refractivity contribution in [3.05, 3.63) is 59.8 Å². The van der Waals surface area contributed by atoms with Crippen LogP contribution in [-0.4, -0.2) is 29.7 Å². The molecule has 2 N–H and O–H groups in total. The Labute approximate surface area is 184 Å². The van der Waals surface area contributed by atoms with Crippen LogP contribution in [0.3, 0.4) is 0 Å². The molecule has 0 saturated heterocycles. The number of hydrogen-bond acceptors (Lipinski definition) is 3. The second-order valence-corrected chi connectivity index (χ2v) is 8.22. The first-order valence-corrected chi connectivity index (χ1v) is 10.6. The Kier molecular flexibility index (Phi) is 6.04. The Hall–Kier alpha value is -3.16. The number of carbonyl (C=O) groups is 1. The topological polar surface area (TPSA) is 55.3 Å². The van der Waals surface area contributed by atoms with Crippen molar-refractivity contribution in [2.45, 2.75) is 43.9 Å². The molecule has 1 saturated carbocycles. The summed E-state index contributed by atoms with van der Waals surface area (Å²) in [6.07, 6.45) is -1.15. The van der Waals surface area contributed by atoms with Gasteiger partial charge in [-0.15, -0.1) is 0 Å². The molecule has 1 fully saturated rings. The zero-order valence-corrected chi connectivity index (χ0v) is 18.0. The van der Waals surface area contributed by atoms with Gasteiger partial charge in [-0.2, -0.15) is 13.2 Å². The molecule has 2 aromatic carbocycles. The van der Waals surface area contributed by atoms with Gasteiger partial charge in [-0.25, -0.2) is 0 Å². The zero-order chi connectivity index (χ0) is 22.9. The van der Waals surface area contributed by atoms with Crippen molar-refractivity contribution in [2.75, 3.05) is 12.4 Å². The normalized spacial score (nSPS) is 19.0. The summed E-state index contributed by atoms with van der Waals surface area (Å²) < 4.78 is 46.2. The first-order chi connectivity index (χ1) is 15.3. The number of rotatable bonds is 5. The van der Waals surface area contributed by atoms with Gasteiger partial charge in [0.25, 0.3) is 5.91 Å². The molecular formula is C24H26F3N3O2. The number of alkyl halides is 3. The molecule has 0 spiro atoms. The number of benzene rings is 2. The van der Waals surface area contributed by atoms with E-state index in [2.05, 4.69) is 10.6 Å². The molecule has 5 nitrogen and oxygen atoms in total. The van der Waals surface area contributed by atoms with Crippen molar-refractivity contribution in [2.24, 2.45) is 7.05 Å². The van der Waals surface area contributed by atoms with Crippen molar-refractivity contribution < 1.29 is 22.7 Å². The number of hydrogen-bond donors (Lipinski definition) is 2. The zero-order valence-electron chi connectivity index (χ0n) is 18.0. The largest absolute Gasteiger partial charge is 0.497 e. The molecule has 8 heteroatoms. The Bertz CT molecular complexity index is 1100. The predicted octanol–water partition coefficient (Wildman–Crippen LogP) is 5.36. The second kappa shape index (κ2) is 8.76. The standard InChI is InChI=1S/C24H26F3N3O2/c1-30-21-5-3-4-20(19(21)14-22(30)24(25,26)27)28-16-8-10-17(11-9-16)29-23(31)15-6-12-18(32-2)13-7-15/h3-7,12-14,16-17,28H,8-11H2,1-2H3,(H,29,31)/t16-,17+. The maximum Gasteiger partial charge on any atom is 0.431 e. The van der Waals surface area contributed by atoms with E-state index in [1.54, 1.807) is 43.5 Å². The Morgan fingerprint density at radius 3 is 2.31 bits per heavy atom. The summed E-state index contributed by atoms with van der Waals surface area (Å²) in [5.74, 6) is 0.585. The molecule has 0 unspecified atom stereocenters. The third-order valence-corrected chi connectivity index (χ3v) is 6.15. The fourth-order valence-corrected chi connectivity index (χ4v) is 4.37. The highest BCUT2D eigenvalue weighted by Crippen LogP contribution is 2.36. The van der Waals surface area contributed by atoms with E-state index >= 15 is 0 Å². The summed E-state index contributed by atoms with van der Waals surface area (Å²) in [4.78, 5) is 12.5. The molecule has 0 atom stereocenters. The first kappa shape index (κ1) is 22.0. The number of aromatic nitrogens is 1. The van der Waals surface area contributed by atoms with Gasteiger partial charge in [0.2, 0.25) is 0 Å². The van der Waals surface area contributed by atoms with Gasteiger partial charge in [0.1, 0.15) is 11.4 Å². The summed E-state index contributed by atoms with van der Waals surface area (Å²) in [7, 11) is 3.01. The molecule has 1 amide bonds. The minimum absolute atomic E-state index is 0.0759. The van der Waals surface area contributed by atoms with E-state index in [-0.39, 0.29) is 18.0 Å². The van der Waals surface area contributed by atoms with Gasteiger partial charge in [-0.1, -0.05) is 6.07 Å². The molecule has 0 aliphatic heterocycles. The quantitative estimate of drug-likeness (QED) is 0.556. The Morgan fingerprint density at radius 2 is 1.69 bits per heavy atom. The maximum atomic E-state index is 13.3. The van der Waals surface area contributed by atoms with Crippen LogP contribution in [0.1, 0.15) is 41.7 Å². The number of ether oxygens (including phenoxy) is 1. The van der Waals surface area contributed by atoms with Gasteiger partial charge >= 0.3 is 6.18 Å². The van der Waals surface area contributed by atoms with Crippen LogP contribution >= 0.6 is 0 Å². The van der Waals surface area contributed by atoms with Crippen LogP contribution in [0.5, 0.6) is 5.75 Å². The molecule has 3 aromatic rings. The van der Waals surface area contributed by atoms with E-state index in [0.717, 1.165) is 25.7 Å². The van der Waals surface area contributed by atoms with Crippen molar-refractivity contribution >= 4 is 22.5 Å². The molecule has 1 aliphatic carbocycles. The summed E-state index contributed by atoms with van der Waals surface area (Å²) in [6, 6.07) is 13.7. The monoisotopic (exact) mass is 445 g/mol. The third-order valence-electron chi connectivity index (χ3n) is 6.15. The highest BCUT2D eigenvalue weighted by atomic mass is 19.4. The average Bonchev–Trinajstić information content (AvgIpc) is 3.13. The van der Waals surface area contributed by atoms with Crippen LogP contribution in [0.25, 0.3) is 10.9 Å². The maximum absolute atomic E-state index is 13.3. The van der Waals surface area contributed by atoms with Gasteiger partial charge in [0, 0.05) is 35.8 Å².